The van der Waals surface area contributed by atoms with Crippen molar-refractivity contribution in [2.75, 3.05) is 17.6 Å². The molecule has 0 spiro atoms. The molecule has 0 unspecified atom stereocenters. The summed E-state index contributed by atoms with van der Waals surface area (Å²) in [7, 11) is 0. The van der Waals surface area contributed by atoms with Crippen molar-refractivity contribution >= 4 is 22.7 Å². The van der Waals surface area contributed by atoms with Gasteiger partial charge in [-0.15, -0.1) is 11.3 Å². The largest absolute Gasteiger partial charge is 0.399 e. The van der Waals surface area contributed by atoms with E-state index in [1.54, 1.807) is 11.3 Å². The fraction of sp³-hybridized carbons (Fsp3) is 0.308. The molecule has 3 nitrogen and oxygen atoms in total. The maximum Gasteiger partial charge on any atom is 0.0897 e. The zero-order valence-corrected chi connectivity index (χ0v) is 11.0. The third-order valence-electron chi connectivity index (χ3n) is 2.61. The van der Waals surface area contributed by atoms with Crippen LogP contribution >= 0.6 is 11.3 Å². The van der Waals surface area contributed by atoms with Crippen LogP contribution in [0, 0.1) is 13.8 Å². The summed E-state index contributed by atoms with van der Waals surface area (Å²) in [6, 6.07) is 5.93. The second kappa shape index (κ2) is 5.19. The van der Waals surface area contributed by atoms with Crippen LogP contribution in [0.3, 0.4) is 0 Å². The zero-order valence-electron chi connectivity index (χ0n) is 10.2. The Morgan fingerprint density at radius 1 is 1.35 bits per heavy atom. The highest BCUT2D eigenvalue weighted by atomic mass is 32.1. The third kappa shape index (κ3) is 3.20. The molecule has 2 rings (SSSR count). The number of thiazole rings is 1. The minimum absolute atomic E-state index is 0.808. The van der Waals surface area contributed by atoms with Crippen molar-refractivity contribution in [2.45, 2.75) is 20.3 Å². The SMILES string of the molecule is Cc1nc(CCNc2ccc(N)cc2C)cs1. The van der Waals surface area contributed by atoms with Gasteiger partial charge in [0, 0.05) is 29.7 Å². The second-order valence-corrected chi connectivity index (χ2v) is 5.17. The van der Waals surface area contributed by atoms with Gasteiger partial charge in [-0.05, 0) is 37.6 Å². The summed E-state index contributed by atoms with van der Waals surface area (Å²) in [5.74, 6) is 0. The molecule has 0 radical (unpaired) electrons. The lowest BCUT2D eigenvalue weighted by Crippen LogP contribution is -2.06. The Labute approximate surface area is 106 Å². The molecule has 90 valence electrons. The van der Waals surface area contributed by atoms with Gasteiger partial charge in [-0.1, -0.05) is 0 Å². The number of hydrogen-bond acceptors (Lipinski definition) is 4. The molecule has 0 saturated heterocycles. The van der Waals surface area contributed by atoms with Gasteiger partial charge in [0.05, 0.1) is 10.7 Å². The molecule has 3 N–H and O–H groups in total. The molecule has 0 fully saturated rings. The van der Waals surface area contributed by atoms with E-state index in [-0.39, 0.29) is 0 Å². The molecule has 17 heavy (non-hydrogen) atoms. The minimum atomic E-state index is 0.808. The molecular weight excluding hydrogens is 230 g/mol. The van der Waals surface area contributed by atoms with Crippen molar-refractivity contribution < 1.29 is 0 Å². The molecule has 0 aliphatic heterocycles. The number of hydrogen-bond donors (Lipinski definition) is 2. The van der Waals surface area contributed by atoms with Crippen LogP contribution in [0.2, 0.25) is 0 Å². The van der Waals surface area contributed by atoms with Crippen molar-refractivity contribution in [1.82, 2.24) is 4.98 Å². The van der Waals surface area contributed by atoms with Crippen LogP contribution in [0.5, 0.6) is 0 Å². The van der Waals surface area contributed by atoms with Gasteiger partial charge in [-0.2, -0.15) is 0 Å². The van der Waals surface area contributed by atoms with Crippen molar-refractivity contribution in [3.05, 3.63) is 39.8 Å². The molecular formula is C13H17N3S. The van der Waals surface area contributed by atoms with E-state index < -0.39 is 0 Å². The number of benzene rings is 1. The fourth-order valence-electron chi connectivity index (χ4n) is 1.73. The lowest BCUT2D eigenvalue weighted by atomic mass is 10.2. The fourth-order valence-corrected chi connectivity index (χ4v) is 2.38. The first-order chi connectivity index (χ1) is 8.15. The van der Waals surface area contributed by atoms with Gasteiger partial charge in [0.1, 0.15) is 0 Å². The predicted octanol–water partition coefficient (Wildman–Crippen LogP) is 3.00. The van der Waals surface area contributed by atoms with Gasteiger partial charge in [-0.25, -0.2) is 4.98 Å². The smallest absolute Gasteiger partial charge is 0.0897 e. The van der Waals surface area contributed by atoms with Crippen LogP contribution < -0.4 is 11.1 Å². The number of nitrogens with zero attached hydrogens (tertiary/aromatic N) is 1. The molecule has 0 amide bonds. The summed E-state index contributed by atoms with van der Waals surface area (Å²) in [5, 5.41) is 6.65. The van der Waals surface area contributed by atoms with E-state index in [1.807, 2.05) is 25.1 Å². The van der Waals surface area contributed by atoms with E-state index in [1.165, 1.54) is 5.56 Å². The Hall–Kier alpha value is -1.55. The van der Waals surface area contributed by atoms with Crippen LogP contribution in [0.25, 0.3) is 0 Å². The van der Waals surface area contributed by atoms with Crippen LogP contribution in [0.4, 0.5) is 11.4 Å². The second-order valence-electron chi connectivity index (χ2n) is 4.11. The van der Waals surface area contributed by atoms with Gasteiger partial charge in [0.2, 0.25) is 0 Å². The molecule has 1 heterocycles. The van der Waals surface area contributed by atoms with Crippen LogP contribution in [0.15, 0.2) is 23.6 Å². The van der Waals surface area contributed by atoms with Gasteiger partial charge >= 0.3 is 0 Å². The van der Waals surface area contributed by atoms with Crippen molar-refractivity contribution in [2.24, 2.45) is 0 Å². The number of nitrogen functional groups attached to an aromatic ring is 1. The Morgan fingerprint density at radius 2 is 2.18 bits per heavy atom. The average Bonchev–Trinajstić information content (AvgIpc) is 2.68. The molecule has 1 aromatic carbocycles. The van der Waals surface area contributed by atoms with Gasteiger partial charge in [-0.3, -0.25) is 0 Å². The molecule has 0 aliphatic rings. The van der Waals surface area contributed by atoms with E-state index in [9.17, 15) is 0 Å². The normalized spacial score (nSPS) is 10.5. The Bertz CT molecular complexity index is 505. The maximum atomic E-state index is 5.71. The topological polar surface area (TPSA) is 50.9 Å². The van der Waals surface area contributed by atoms with Crippen molar-refractivity contribution in [3.63, 3.8) is 0 Å². The highest BCUT2D eigenvalue weighted by Gasteiger charge is 2.00. The lowest BCUT2D eigenvalue weighted by Gasteiger charge is -2.09. The number of rotatable bonds is 4. The van der Waals surface area contributed by atoms with E-state index in [4.69, 9.17) is 5.73 Å². The van der Waals surface area contributed by atoms with Crippen LogP contribution in [-0.4, -0.2) is 11.5 Å². The van der Waals surface area contributed by atoms with Gasteiger partial charge in [0.25, 0.3) is 0 Å². The van der Waals surface area contributed by atoms with Crippen LogP contribution in [0.1, 0.15) is 16.3 Å². The molecule has 4 heteroatoms. The van der Waals surface area contributed by atoms with Gasteiger partial charge in [0.15, 0.2) is 0 Å². The van der Waals surface area contributed by atoms with Crippen LogP contribution in [-0.2, 0) is 6.42 Å². The molecule has 0 bridgehead atoms. The minimum Gasteiger partial charge on any atom is -0.399 e. The van der Waals surface area contributed by atoms with E-state index in [0.717, 1.165) is 35.0 Å². The zero-order chi connectivity index (χ0) is 12.3. The Kier molecular flexibility index (Phi) is 3.64. The standard InChI is InChI=1S/C13H17N3S/c1-9-7-11(14)3-4-13(9)15-6-5-12-8-17-10(2)16-12/h3-4,7-8,15H,5-6,14H2,1-2H3. The predicted molar refractivity (Wildman–Crippen MR) is 74.6 cm³/mol. The Balaban J connectivity index is 1.90. The molecule has 1 aromatic heterocycles. The summed E-state index contributed by atoms with van der Waals surface area (Å²) >= 11 is 1.70. The quantitative estimate of drug-likeness (QED) is 0.817. The Morgan fingerprint density at radius 3 is 2.82 bits per heavy atom. The number of anilines is 2. The summed E-state index contributed by atoms with van der Waals surface area (Å²) < 4.78 is 0. The van der Waals surface area contributed by atoms with E-state index >= 15 is 0 Å². The van der Waals surface area contributed by atoms with E-state index in [0.29, 0.717) is 0 Å². The molecule has 0 saturated carbocycles. The monoisotopic (exact) mass is 247 g/mol. The van der Waals surface area contributed by atoms with E-state index in [2.05, 4.69) is 22.6 Å². The first-order valence-electron chi connectivity index (χ1n) is 5.66. The van der Waals surface area contributed by atoms with Crippen molar-refractivity contribution in [3.8, 4) is 0 Å². The highest BCUT2D eigenvalue weighted by molar-refractivity contribution is 7.09. The third-order valence-corrected chi connectivity index (χ3v) is 3.44. The molecule has 0 atom stereocenters. The number of aromatic nitrogens is 1. The highest BCUT2D eigenvalue weighted by Crippen LogP contribution is 2.17. The summed E-state index contributed by atoms with van der Waals surface area (Å²) in [5.41, 5.74) is 10.0. The summed E-state index contributed by atoms with van der Waals surface area (Å²) in [6.45, 7) is 4.99. The molecule has 2 aromatic rings. The molecule has 0 aliphatic carbocycles. The average molecular weight is 247 g/mol. The summed E-state index contributed by atoms with van der Waals surface area (Å²) in [6.07, 6.45) is 0.953. The van der Waals surface area contributed by atoms with Gasteiger partial charge < -0.3 is 11.1 Å². The summed E-state index contributed by atoms with van der Waals surface area (Å²) in [4.78, 5) is 4.44. The number of nitrogens with one attached hydrogen (secondary N) is 1. The number of nitrogens with two attached hydrogens (primary N) is 1. The lowest BCUT2D eigenvalue weighted by molar-refractivity contribution is 0.967. The first kappa shape index (κ1) is 11.9. The maximum absolute atomic E-state index is 5.71. The van der Waals surface area contributed by atoms with Crippen molar-refractivity contribution in [1.29, 1.82) is 0 Å². The first-order valence-corrected chi connectivity index (χ1v) is 6.54. The number of aryl methyl sites for hydroxylation is 2.